The lowest BCUT2D eigenvalue weighted by Crippen LogP contribution is -2.49. The highest BCUT2D eigenvalue weighted by Crippen LogP contribution is 2.29. The third-order valence-electron chi connectivity index (χ3n) is 6.23. The number of aliphatic carboxylic acids is 2. The molecule has 3 aromatic carbocycles. The fraction of sp³-hybridized carbons (Fsp3) is 0.276. The Hall–Kier alpha value is -4.37. The molecule has 2 N–H and O–H groups in total. The molecule has 0 saturated carbocycles. The van der Waals surface area contributed by atoms with E-state index in [4.69, 9.17) is 29.3 Å². The fourth-order valence-electron chi connectivity index (χ4n) is 4.31. The second-order valence-corrected chi connectivity index (χ2v) is 8.66. The van der Waals surface area contributed by atoms with Gasteiger partial charge in [0.25, 0.3) is 0 Å². The van der Waals surface area contributed by atoms with Gasteiger partial charge in [-0.15, -0.1) is 0 Å². The van der Waals surface area contributed by atoms with Crippen LogP contribution in [0.5, 0.6) is 11.5 Å². The molecule has 38 heavy (non-hydrogen) atoms. The molecule has 1 amide bonds. The maximum absolute atomic E-state index is 13.6. The number of hydrogen-bond donors (Lipinski definition) is 2. The third kappa shape index (κ3) is 7.57. The van der Waals surface area contributed by atoms with Gasteiger partial charge >= 0.3 is 11.9 Å². The zero-order chi connectivity index (χ0) is 27.5. The second kappa shape index (κ2) is 13.8. The first-order chi connectivity index (χ1) is 18.3. The summed E-state index contributed by atoms with van der Waals surface area (Å²) in [6.07, 6.45) is 0. The topological polar surface area (TPSA) is 117 Å². The van der Waals surface area contributed by atoms with Crippen molar-refractivity contribution in [1.82, 2.24) is 9.80 Å². The van der Waals surface area contributed by atoms with E-state index in [1.807, 2.05) is 77.7 Å². The average Bonchev–Trinajstić information content (AvgIpc) is 2.95. The van der Waals surface area contributed by atoms with E-state index in [1.54, 1.807) is 14.2 Å². The molecule has 1 aliphatic heterocycles. The molecule has 1 heterocycles. The Morgan fingerprint density at radius 1 is 0.737 bits per heavy atom. The Labute approximate surface area is 221 Å². The van der Waals surface area contributed by atoms with Gasteiger partial charge in [-0.1, -0.05) is 66.7 Å². The number of piperazine rings is 1. The minimum atomic E-state index is -1.82. The predicted molar refractivity (Wildman–Crippen MR) is 141 cm³/mol. The van der Waals surface area contributed by atoms with E-state index in [1.165, 1.54) is 5.56 Å². The zero-order valence-electron chi connectivity index (χ0n) is 21.4. The third-order valence-corrected chi connectivity index (χ3v) is 6.23. The van der Waals surface area contributed by atoms with E-state index >= 15 is 0 Å². The lowest BCUT2D eigenvalue weighted by atomic mass is 9.90. The number of nitrogens with zero attached hydrogens (tertiary/aromatic N) is 2. The van der Waals surface area contributed by atoms with Crippen molar-refractivity contribution in [2.45, 2.75) is 12.5 Å². The number of carbonyl (C=O) groups excluding carboxylic acids is 1. The fourth-order valence-corrected chi connectivity index (χ4v) is 4.31. The Kier molecular flexibility index (Phi) is 10.2. The van der Waals surface area contributed by atoms with Gasteiger partial charge in [0.1, 0.15) is 0 Å². The minimum Gasteiger partial charge on any atom is -0.493 e. The van der Waals surface area contributed by atoms with Crippen molar-refractivity contribution >= 4 is 17.8 Å². The van der Waals surface area contributed by atoms with Gasteiger partial charge in [0.05, 0.1) is 20.1 Å². The van der Waals surface area contributed by atoms with Crippen LogP contribution < -0.4 is 9.47 Å². The zero-order valence-corrected chi connectivity index (χ0v) is 21.4. The highest BCUT2D eigenvalue weighted by atomic mass is 16.5. The standard InChI is InChI=1S/C27H30N2O3.C2H2O4/c1-31-24-14-13-21(19-25(24)32-2)20-28-15-17-29(18-16-28)27(30)26(22-9-5-3-6-10-22)23-11-7-4-8-12-23;3-1(4)2(5)6/h3-14,19,26H,15-18,20H2,1-2H3;(H,3,4)(H,5,6). The van der Waals surface area contributed by atoms with Gasteiger partial charge in [0.15, 0.2) is 11.5 Å². The van der Waals surface area contributed by atoms with Crippen molar-refractivity contribution in [3.8, 4) is 11.5 Å². The summed E-state index contributed by atoms with van der Waals surface area (Å²) in [4.78, 5) is 36.2. The van der Waals surface area contributed by atoms with Gasteiger partial charge in [-0.25, -0.2) is 9.59 Å². The molecule has 4 rings (SSSR count). The number of benzene rings is 3. The number of carboxylic acid groups (broad SMARTS) is 2. The minimum absolute atomic E-state index is 0.174. The normalized spacial score (nSPS) is 13.3. The Bertz CT molecular complexity index is 1160. The molecular weight excluding hydrogens is 488 g/mol. The number of rotatable bonds is 7. The van der Waals surface area contributed by atoms with Gasteiger partial charge < -0.3 is 24.6 Å². The molecule has 0 aliphatic carbocycles. The Morgan fingerprint density at radius 2 is 1.24 bits per heavy atom. The van der Waals surface area contributed by atoms with Gasteiger partial charge in [0, 0.05) is 32.7 Å². The van der Waals surface area contributed by atoms with Gasteiger partial charge in [-0.05, 0) is 28.8 Å². The number of ether oxygens (including phenoxy) is 2. The number of carbonyl (C=O) groups is 3. The smallest absolute Gasteiger partial charge is 0.414 e. The molecule has 0 bridgehead atoms. The van der Waals surface area contributed by atoms with Crippen LogP contribution in [0.3, 0.4) is 0 Å². The quantitative estimate of drug-likeness (QED) is 0.456. The summed E-state index contributed by atoms with van der Waals surface area (Å²) in [5.41, 5.74) is 3.25. The number of hydrogen-bond acceptors (Lipinski definition) is 6. The van der Waals surface area contributed by atoms with Crippen LogP contribution in [-0.4, -0.2) is 78.3 Å². The molecule has 1 aliphatic rings. The summed E-state index contributed by atoms with van der Waals surface area (Å²) in [5.74, 6) is -2.26. The van der Waals surface area contributed by atoms with Crippen molar-refractivity contribution in [2.75, 3.05) is 40.4 Å². The summed E-state index contributed by atoms with van der Waals surface area (Å²) in [6.45, 7) is 3.96. The lowest BCUT2D eigenvalue weighted by molar-refractivity contribution is -0.159. The first-order valence-electron chi connectivity index (χ1n) is 12.1. The van der Waals surface area contributed by atoms with Crippen molar-refractivity contribution < 1.29 is 34.1 Å². The van der Waals surface area contributed by atoms with Crippen LogP contribution in [0.2, 0.25) is 0 Å². The van der Waals surface area contributed by atoms with Crippen molar-refractivity contribution in [1.29, 1.82) is 0 Å². The van der Waals surface area contributed by atoms with E-state index in [2.05, 4.69) is 11.0 Å². The highest BCUT2D eigenvalue weighted by molar-refractivity contribution is 6.27. The summed E-state index contributed by atoms with van der Waals surface area (Å²) in [6, 6.07) is 26.2. The summed E-state index contributed by atoms with van der Waals surface area (Å²) in [5, 5.41) is 14.8. The van der Waals surface area contributed by atoms with Crippen LogP contribution in [0.25, 0.3) is 0 Å². The molecule has 9 nitrogen and oxygen atoms in total. The molecule has 0 aromatic heterocycles. The van der Waals surface area contributed by atoms with E-state index in [0.29, 0.717) is 0 Å². The van der Waals surface area contributed by atoms with Crippen LogP contribution in [0.1, 0.15) is 22.6 Å². The lowest BCUT2D eigenvalue weighted by Gasteiger charge is -2.36. The first-order valence-corrected chi connectivity index (χ1v) is 12.1. The van der Waals surface area contributed by atoms with Crippen LogP contribution in [0.15, 0.2) is 78.9 Å². The van der Waals surface area contributed by atoms with E-state index in [9.17, 15) is 4.79 Å². The van der Waals surface area contributed by atoms with Crippen LogP contribution in [0.4, 0.5) is 0 Å². The number of carboxylic acids is 2. The average molecular weight is 521 g/mol. The van der Waals surface area contributed by atoms with Gasteiger partial charge in [0.2, 0.25) is 5.91 Å². The number of amides is 1. The monoisotopic (exact) mass is 520 g/mol. The van der Waals surface area contributed by atoms with Gasteiger partial charge in [-0.3, -0.25) is 9.69 Å². The van der Waals surface area contributed by atoms with E-state index in [0.717, 1.165) is 55.3 Å². The van der Waals surface area contributed by atoms with Crippen molar-refractivity contribution in [3.05, 3.63) is 95.6 Å². The molecule has 0 spiro atoms. The Balaban J connectivity index is 0.000000599. The SMILES string of the molecule is COc1ccc(CN2CCN(C(=O)C(c3ccccc3)c3ccccc3)CC2)cc1OC.O=C(O)C(=O)O. The molecule has 0 unspecified atom stereocenters. The molecule has 3 aromatic rings. The maximum Gasteiger partial charge on any atom is 0.414 e. The van der Waals surface area contributed by atoms with Crippen molar-refractivity contribution in [3.63, 3.8) is 0 Å². The van der Waals surface area contributed by atoms with Crippen LogP contribution in [-0.2, 0) is 20.9 Å². The molecular formula is C29H32N2O7. The predicted octanol–water partition coefficient (Wildman–Crippen LogP) is 3.34. The Morgan fingerprint density at radius 3 is 1.68 bits per heavy atom. The first kappa shape index (κ1) is 28.2. The second-order valence-electron chi connectivity index (χ2n) is 8.66. The van der Waals surface area contributed by atoms with Crippen molar-refractivity contribution in [2.24, 2.45) is 0 Å². The van der Waals surface area contributed by atoms with E-state index < -0.39 is 11.9 Å². The molecule has 0 atom stereocenters. The van der Waals surface area contributed by atoms with E-state index in [-0.39, 0.29) is 11.8 Å². The van der Waals surface area contributed by atoms with Crippen LogP contribution >= 0.6 is 0 Å². The van der Waals surface area contributed by atoms with Crippen LogP contribution in [0, 0.1) is 0 Å². The summed E-state index contributed by atoms with van der Waals surface area (Å²) in [7, 11) is 3.30. The largest absolute Gasteiger partial charge is 0.493 e. The summed E-state index contributed by atoms with van der Waals surface area (Å²) < 4.78 is 10.8. The maximum atomic E-state index is 13.6. The van der Waals surface area contributed by atoms with Gasteiger partial charge in [-0.2, -0.15) is 0 Å². The molecule has 0 radical (unpaired) electrons. The molecule has 1 fully saturated rings. The number of methoxy groups -OCH3 is 2. The highest BCUT2D eigenvalue weighted by Gasteiger charge is 2.29. The molecule has 200 valence electrons. The molecule has 1 saturated heterocycles. The molecule has 9 heteroatoms. The summed E-state index contributed by atoms with van der Waals surface area (Å²) >= 11 is 0.